The maximum Gasteiger partial charge on any atom is 0.335 e. The fourth-order valence-electron chi connectivity index (χ4n) is 2.92. The lowest BCUT2D eigenvalue weighted by molar-refractivity contribution is 0.0696. The topological polar surface area (TPSA) is 75.6 Å². The highest BCUT2D eigenvalue weighted by molar-refractivity contribution is 6.30. The average Bonchev–Trinajstić information content (AvgIpc) is 2.71. The number of aromatic carboxylic acids is 1. The Labute approximate surface area is 175 Å². The second-order valence-corrected chi connectivity index (χ2v) is 6.80. The van der Waals surface area contributed by atoms with Crippen molar-refractivity contribution in [3.8, 4) is 16.9 Å². The van der Waals surface area contributed by atoms with E-state index >= 15 is 0 Å². The molecule has 0 aliphatic carbocycles. The summed E-state index contributed by atoms with van der Waals surface area (Å²) in [7, 11) is 1.45. The maximum absolute atomic E-state index is 13.9. The Morgan fingerprint density at radius 3 is 2.47 bits per heavy atom. The number of carbonyl (C=O) groups is 2. The second kappa shape index (κ2) is 8.92. The molecule has 0 bridgehead atoms. The van der Waals surface area contributed by atoms with Crippen LogP contribution in [0.1, 0.15) is 26.3 Å². The number of hydrogen-bond acceptors (Lipinski definition) is 3. The molecule has 1 amide bonds. The number of carboxylic acids is 1. The number of carboxylic acid groups (broad SMARTS) is 1. The van der Waals surface area contributed by atoms with Crippen LogP contribution >= 0.6 is 11.6 Å². The van der Waals surface area contributed by atoms with Crippen LogP contribution in [0.2, 0.25) is 5.02 Å². The molecule has 0 saturated carbocycles. The van der Waals surface area contributed by atoms with Crippen LogP contribution in [0.4, 0.5) is 8.78 Å². The molecule has 3 aromatic rings. The van der Waals surface area contributed by atoms with Crippen molar-refractivity contribution < 1.29 is 28.2 Å². The van der Waals surface area contributed by atoms with Gasteiger partial charge in [-0.15, -0.1) is 0 Å². The Morgan fingerprint density at radius 1 is 1.03 bits per heavy atom. The molecule has 0 spiro atoms. The lowest BCUT2D eigenvalue weighted by atomic mass is 10.00. The van der Waals surface area contributed by atoms with Crippen LogP contribution in [-0.4, -0.2) is 24.1 Å². The Hall–Kier alpha value is -3.45. The molecule has 3 aromatic carbocycles. The summed E-state index contributed by atoms with van der Waals surface area (Å²) in [5.74, 6) is -2.88. The molecule has 0 saturated heterocycles. The molecule has 0 atom stereocenters. The lowest BCUT2D eigenvalue weighted by Gasteiger charge is -2.13. The van der Waals surface area contributed by atoms with Crippen LogP contribution in [-0.2, 0) is 6.54 Å². The van der Waals surface area contributed by atoms with Crippen LogP contribution in [0.25, 0.3) is 11.1 Å². The molecule has 0 radical (unpaired) electrons. The van der Waals surface area contributed by atoms with Crippen molar-refractivity contribution in [3.05, 3.63) is 87.9 Å². The average molecular weight is 432 g/mol. The lowest BCUT2D eigenvalue weighted by Crippen LogP contribution is -2.24. The van der Waals surface area contributed by atoms with Crippen molar-refractivity contribution in [1.82, 2.24) is 5.32 Å². The first-order valence-electron chi connectivity index (χ1n) is 8.73. The SMILES string of the molecule is COc1ccc(-c2cc(F)cc(C(=O)O)c2)cc1CNC(=O)c1ccc(Cl)cc1F. The first kappa shape index (κ1) is 21.3. The zero-order chi connectivity index (χ0) is 21.8. The quantitative estimate of drug-likeness (QED) is 0.580. The molecule has 8 heteroatoms. The van der Waals surface area contributed by atoms with Crippen molar-refractivity contribution in [2.24, 2.45) is 0 Å². The summed E-state index contributed by atoms with van der Waals surface area (Å²) in [6.07, 6.45) is 0. The van der Waals surface area contributed by atoms with E-state index in [2.05, 4.69) is 5.32 Å². The van der Waals surface area contributed by atoms with Crippen molar-refractivity contribution >= 4 is 23.5 Å². The number of halogens is 3. The van der Waals surface area contributed by atoms with Crippen LogP contribution in [0.15, 0.2) is 54.6 Å². The van der Waals surface area contributed by atoms with E-state index in [0.29, 0.717) is 22.4 Å². The van der Waals surface area contributed by atoms with Crippen molar-refractivity contribution in [1.29, 1.82) is 0 Å². The smallest absolute Gasteiger partial charge is 0.335 e. The minimum Gasteiger partial charge on any atom is -0.496 e. The maximum atomic E-state index is 13.9. The standard InChI is InChI=1S/C22H16ClF2NO4/c1-30-20-5-2-12(13-7-14(22(28)29)9-17(24)8-13)6-15(20)11-26-21(27)18-4-3-16(23)10-19(18)25/h2-10H,11H2,1H3,(H,26,27)(H,28,29). The predicted octanol–water partition coefficient (Wildman–Crippen LogP) is 4.92. The number of ether oxygens (including phenoxy) is 1. The fourth-order valence-corrected chi connectivity index (χ4v) is 3.08. The highest BCUT2D eigenvalue weighted by atomic mass is 35.5. The molecule has 5 nitrogen and oxygen atoms in total. The normalized spacial score (nSPS) is 10.5. The Bertz CT molecular complexity index is 1130. The molecule has 0 fully saturated rings. The number of hydrogen-bond donors (Lipinski definition) is 2. The van der Waals surface area contributed by atoms with E-state index in [4.69, 9.17) is 21.4 Å². The van der Waals surface area contributed by atoms with Gasteiger partial charge in [0, 0.05) is 17.1 Å². The van der Waals surface area contributed by atoms with E-state index in [-0.39, 0.29) is 22.7 Å². The summed E-state index contributed by atoms with van der Waals surface area (Å²) in [4.78, 5) is 23.5. The monoisotopic (exact) mass is 431 g/mol. The molecule has 0 heterocycles. The summed E-state index contributed by atoms with van der Waals surface area (Å²) in [6, 6.07) is 12.1. The van der Waals surface area contributed by atoms with Crippen molar-refractivity contribution in [2.75, 3.05) is 7.11 Å². The predicted molar refractivity (Wildman–Crippen MR) is 108 cm³/mol. The third-order valence-corrected chi connectivity index (χ3v) is 4.61. The van der Waals surface area contributed by atoms with Gasteiger partial charge in [0.25, 0.3) is 5.91 Å². The molecule has 0 aliphatic heterocycles. The summed E-state index contributed by atoms with van der Waals surface area (Å²) < 4.78 is 33.1. The number of benzene rings is 3. The largest absolute Gasteiger partial charge is 0.496 e. The third-order valence-electron chi connectivity index (χ3n) is 4.37. The zero-order valence-electron chi connectivity index (χ0n) is 15.7. The number of methoxy groups -OCH3 is 1. The van der Waals surface area contributed by atoms with E-state index in [9.17, 15) is 18.4 Å². The Morgan fingerprint density at radius 2 is 1.80 bits per heavy atom. The van der Waals surface area contributed by atoms with Crippen molar-refractivity contribution in [2.45, 2.75) is 6.54 Å². The van der Waals surface area contributed by atoms with Crippen LogP contribution < -0.4 is 10.1 Å². The minimum absolute atomic E-state index is 0.000976. The molecular weight excluding hydrogens is 416 g/mol. The van der Waals surface area contributed by atoms with Gasteiger partial charge < -0.3 is 15.2 Å². The number of nitrogens with one attached hydrogen (secondary N) is 1. The molecule has 3 rings (SSSR count). The van der Waals surface area contributed by atoms with Gasteiger partial charge in [0.15, 0.2) is 0 Å². The van der Waals surface area contributed by atoms with E-state index < -0.39 is 23.5 Å². The first-order valence-corrected chi connectivity index (χ1v) is 9.10. The molecule has 0 unspecified atom stereocenters. The van der Waals surface area contributed by atoms with Crippen LogP contribution in [0, 0.1) is 11.6 Å². The van der Waals surface area contributed by atoms with E-state index in [1.165, 1.54) is 31.4 Å². The Kier molecular flexibility index (Phi) is 6.32. The number of rotatable bonds is 6. The third kappa shape index (κ3) is 4.75. The highest BCUT2D eigenvalue weighted by Crippen LogP contribution is 2.28. The van der Waals surface area contributed by atoms with Gasteiger partial charge in [-0.25, -0.2) is 13.6 Å². The molecule has 2 N–H and O–H groups in total. The Balaban J connectivity index is 1.88. The number of amides is 1. The van der Waals surface area contributed by atoms with Gasteiger partial charge in [0.2, 0.25) is 0 Å². The highest BCUT2D eigenvalue weighted by Gasteiger charge is 2.14. The van der Waals surface area contributed by atoms with Gasteiger partial charge in [-0.2, -0.15) is 0 Å². The summed E-state index contributed by atoms with van der Waals surface area (Å²) in [5, 5.41) is 11.9. The van der Waals surface area contributed by atoms with Crippen LogP contribution in [0.3, 0.4) is 0 Å². The number of carbonyl (C=O) groups excluding carboxylic acids is 1. The molecule has 0 aliphatic rings. The van der Waals surface area contributed by atoms with Gasteiger partial charge in [-0.05, 0) is 59.7 Å². The van der Waals surface area contributed by atoms with Gasteiger partial charge in [-0.1, -0.05) is 17.7 Å². The first-order chi connectivity index (χ1) is 14.3. The van der Waals surface area contributed by atoms with Gasteiger partial charge >= 0.3 is 5.97 Å². The van der Waals surface area contributed by atoms with Gasteiger partial charge in [0.05, 0.1) is 18.2 Å². The second-order valence-electron chi connectivity index (χ2n) is 6.37. The molecule has 154 valence electrons. The fraction of sp³-hybridized carbons (Fsp3) is 0.0909. The zero-order valence-corrected chi connectivity index (χ0v) is 16.5. The molecule has 30 heavy (non-hydrogen) atoms. The van der Waals surface area contributed by atoms with Crippen molar-refractivity contribution in [3.63, 3.8) is 0 Å². The van der Waals surface area contributed by atoms with Gasteiger partial charge in [-0.3, -0.25) is 4.79 Å². The molecular formula is C22H16ClF2NO4. The van der Waals surface area contributed by atoms with Gasteiger partial charge in [0.1, 0.15) is 17.4 Å². The molecule has 0 aromatic heterocycles. The van der Waals surface area contributed by atoms with E-state index in [1.54, 1.807) is 18.2 Å². The van der Waals surface area contributed by atoms with Crippen LogP contribution in [0.5, 0.6) is 5.75 Å². The summed E-state index contributed by atoms with van der Waals surface area (Å²) in [6.45, 7) is -0.000976. The summed E-state index contributed by atoms with van der Waals surface area (Å²) >= 11 is 5.70. The summed E-state index contributed by atoms with van der Waals surface area (Å²) in [5.41, 5.74) is 1.07. The van der Waals surface area contributed by atoms with E-state index in [0.717, 1.165) is 12.1 Å². The van der Waals surface area contributed by atoms with E-state index in [1.807, 2.05) is 0 Å². The minimum atomic E-state index is -1.25.